The number of aliphatic carboxylic acids is 1. The first-order valence-electron chi connectivity index (χ1n) is 5.22. The molecular weight excluding hydrogens is 206 g/mol. The van der Waals surface area contributed by atoms with Crippen LogP contribution in [0.2, 0.25) is 0 Å². The van der Waals surface area contributed by atoms with Crippen molar-refractivity contribution in [1.82, 2.24) is 0 Å². The summed E-state index contributed by atoms with van der Waals surface area (Å²) in [6, 6.07) is 7.20. The Labute approximate surface area is 94.0 Å². The molecule has 16 heavy (non-hydrogen) atoms. The van der Waals surface area contributed by atoms with Crippen molar-refractivity contribution in [3.05, 3.63) is 29.8 Å². The monoisotopic (exact) mass is 221 g/mol. The molecule has 0 atom stereocenters. The third kappa shape index (κ3) is 1.55. The second-order valence-corrected chi connectivity index (χ2v) is 4.29. The highest BCUT2D eigenvalue weighted by Gasteiger charge is 2.50. The number of carbonyl (C=O) groups is 1. The van der Waals surface area contributed by atoms with E-state index in [0.29, 0.717) is 18.6 Å². The number of rotatable bonds is 3. The summed E-state index contributed by atoms with van der Waals surface area (Å²) >= 11 is 0. The lowest BCUT2D eigenvalue weighted by molar-refractivity contribution is -0.148. The zero-order chi connectivity index (χ0) is 11.8. The third-order valence-electron chi connectivity index (χ3n) is 3.25. The standard InChI is InChI=1S/C12H15NO3/c1-16-10-4-2-3-8(5-10)12(11(14)15)6-9(13)7-12/h2-5,9H,6-7,13H2,1H3,(H,14,15). The minimum atomic E-state index is -0.812. The summed E-state index contributed by atoms with van der Waals surface area (Å²) in [5.74, 6) is -0.124. The molecule has 0 amide bonds. The molecule has 4 heteroatoms. The lowest BCUT2D eigenvalue weighted by atomic mass is 9.62. The van der Waals surface area contributed by atoms with E-state index in [2.05, 4.69) is 0 Å². The van der Waals surface area contributed by atoms with Gasteiger partial charge in [0.05, 0.1) is 12.5 Å². The molecule has 1 aliphatic carbocycles. The van der Waals surface area contributed by atoms with E-state index in [4.69, 9.17) is 10.5 Å². The molecular formula is C12H15NO3. The van der Waals surface area contributed by atoms with E-state index in [1.807, 2.05) is 12.1 Å². The van der Waals surface area contributed by atoms with Crippen molar-refractivity contribution < 1.29 is 14.6 Å². The minimum absolute atomic E-state index is 0.0118. The van der Waals surface area contributed by atoms with Crippen molar-refractivity contribution in [3.63, 3.8) is 0 Å². The summed E-state index contributed by atoms with van der Waals surface area (Å²) in [5, 5.41) is 9.32. The van der Waals surface area contributed by atoms with Crippen LogP contribution in [0.4, 0.5) is 0 Å². The lowest BCUT2D eigenvalue weighted by Crippen LogP contribution is -2.54. The van der Waals surface area contributed by atoms with Crippen molar-refractivity contribution in [2.24, 2.45) is 5.73 Å². The Morgan fingerprint density at radius 3 is 2.75 bits per heavy atom. The maximum atomic E-state index is 11.4. The maximum absolute atomic E-state index is 11.4. The van der Waals surface area contributed by atoms with Gasteiger partial charge in [0, 0.05) is 6.04 Å². The van der Waals surface area contributed by atoms with Crippen LogP contribution in [0.5, 0.6) is 5.75 Å². The Hall–Kier alpha value is -1.55. The number of benzene rings is 1. The van der Waals surface area contributed by atoms with Gasteiger partial charge in [0.25, 0.3) is 0 Å². The number of nitrogens with two attached hydrogens (primary N) is 1. The Morgan fingerprint density at radius 2 is 2.25 bits per heavy atom. The number of ether oxygens (including phenoxy) is 1. The molecule has 0 saturated heterocycles. The summed E-state index contributed by atoms with van der Waals surface area (Å²) < 4.78 is 5.10. The predicted molar refractivity (Wildman–Crippen MR) is 59.5 cm³/mol. The highest BCUT2D eigenvalue weighted by molar-refractivity contribution is 5.83. The summed E-state index contributed by atoms with van der Waals surface area (Å²) in [6.45, 7) is 0. The van der Waals surface area contributed by atoms with Gasteiger partial charge in [-0.25, -0.2) is 0 Å². The molecule has 1 aliphatic rings. The number of methoxy groups -OCH3 is 1. The van der Waals surface area contributed by atoms with Crippen molar-refractivity contribution in [2.75, 3.05) is 7.11 Å². The van der Waals surface area contributed by atoms with Gasteiger partial charge in [-0.1, -0.05) is 12.1 Å². The van der Waals surface area contributed by atoms with Gasteiger partial charge in [0.1, 0.15) is 5.75 Å². The maximum Gasteiger partial charge on any atom is 0.314 e. The van der Waals surface area contributed by atoms with Gasteiger partial charge in [-0.15, -0.1) is 0 Å². The molecule has 0 aliphatic heterocycles. The van der Waals surface area contributed by atoms with Gasteiger partial charge in [0.15, 0.2) is 0 Å². The number of hydrogen-bond donors (Lipinski definition) is 2. The van der Waals surface area contributed by atoms with Gasteiger partial charge in [-0.3, -0.25) is 4.79 Å². The van der Waals surface area contributed by atoms with E-state index in [9.17, 15) is 9.90 Å². The molecule has 86 valence electrons. The highest BCUT2D eigenvalue weighted by Crippen LogP contribution is 2.44. The molecule has 0 unspecified atom stereocenters. The van der Waals surface area contributed by atoms with E-state index in [0.717, 1.165) is 5.56 Å². The second kappa shape index (κ2) is 3.79. The normalized spacial score (nSPS) is 28.2. The first-order chi connectivity index (χ1) is 7.58. The number of carboxylic acid groups (broad SMARTS) is 1. The van der Waals surface area contributed by atoms with Crippen LogP contribution in [0, 0.1) is 0 Å². The Balaban J connectivity index is 2.37. The second-order valence-electron chi connectivity index (χ2n) is 4.29. The Bertz CT molecular complexity index is 410. The average Bonchev–Trinajstić information content (AvgIpc) is 2.24. The molecule has 2 rings (SSSR count). The number of hydrogen-bond acceptors (Lipinski definition) is 3. The molecule has 1 saturated carbocycles. The molecule has 1 aromatic carbocycles. The Kier molecular flexibility index (Phi) is 2.59. The van der Waals surface area contributed by atoms with Crippen LogP contribution in [-0.4, -0.2) is 24.2 Å². The van der Waals surface area contributed by atoms with Gasteiger partial charge in [-0.2, -0.15) is 0 Å². The van der Waals surface area contributed by atoms with E-state index in [-0.39, 0.29) is 6.04 Å². The van der Waals surface area contributed by atoms with Crippen LogP contribution >= 0.6 is 0 Å². The molecule has 0 radical (unpaired) electrons. The average molecular weight is 221 g/mol. The molecule has 0 aromatic heterocycles. The largest absolute Gasteiger partial charge is 0.497 e. The van der Waals surface area contributed by atoms with E-state index in [1.165, 1.54) is 0 Å². The predicted octanol–water partition coefficient (Wildman–Crippen LogP) is 1.14. The fourth-order valence-corrected chi connectivity index (χ4v) is 2.29. The Morgan fingerprint density at radius 1 is 1.56 bits per heavy atom. The summed E-state index contributed by atoms with van der Waals surface area (Å²) in [7, 11) is 1.57. The van der Waals surface area contributed by atoms with Crippen molar-refractivity contribution in [2.45, 2.75) is 24.3 Å². The van der Waals surface area contributed by atoms with Crippen molar-refractivity contribution in [3.8, 4) is 5.75 Å². The summed E-state index contributed by atoms with van der Waals surface area (Å²) in [4.78, 5) is 11.4. The molecule has 1 fully saturated rings. The van der Waals surface area contributed by atoms with Gasteiger partial charge in [-0.05, 0) is 30.5 Å². The highest BCUT2D eigenvalue weighted by atomic mass is 16.5. The molecule has 0 bridgehead atoms. The van der Waals surface area contributed by atoms with Crippen LogP contribution in [0.25, 0.3) is 0 Å². The third-order valence-corrected chi connectivity index (χ3v) is 3.25. The molecule has 0 spiro atoms. The number of carboxylic acids is 1. The van der Waals surface area contributed by atoms with E-state index < -0.39 is 11.4 Å². The van der Waals surface area contributed by atoms with Crippen LogP contribution in [0.3, 0.4) is 0 Å². The van der Waals surface area contributed by atoms with Gasteiger partial charge < -0.3 is 15.6 Å². The molecule has 4 nitrogen and oxygen atoms in total. The van der Waals surface area contributed by atoms with E-state index >= 15 is 0 Å². The molecule has 0 heterocycles. The van der Waals surface area contributed by atoms with Gasteiger partial charge in [0.2, 0.25) is 0 Å². The zero-order valence-corrected chi connectivity index (χ0v) is 9.14. The minimum Gasteiger partial charge on any atom is -0.497 e. The van der Waals surface area contributed by atoms with Crippen LogP contribution < -0.4 is 10.5 Å². The smallest absolute Gasteiger partial charge is 0.314 e. The van der Waals surface area contributed by atoms with Crippen molar-refractivity contribution in [1.29, 1.82) is 0 Å². The SMILES string of the molecule is COc1cccc(C2(C(=O)O)CC(N)C2)c1. The van der Waals surface area contributed by atoms with Gasteiger partial charge >= 0.3 is 5.97 Å². The first-order valence-corrected chi connectivity index (χ1v) is 5.22. The molecule has 3 N–H and O–H groups in total. The van der Waals surface area contributed by atoms with Crippen LogP contribution in [-0.2, 0) is 10.2 Å². The van der Waals surface area contributed by atoms with E-state index in [1.54, 1.807) is 19.2 Å². The van der Waals surface area contributed by atoms with Crippen LogP contribution in [0.1, 0.15) is 18.4 Å². The quantitative estimate of drug-likeness (QED) is 0.802. The van der Waals surface area contributed by atoms with Crippen LogP contribution in [0.15, 0.2) is 24.3 Å². The van der Waals surface area contributed by atoms with Crippen molar-refractivity contribution >= 4 is 5.97 Å². The molecule has 1 aromatic rings. The fourth-order valence-electron chi connectivity index (χ4n) is 2.29. The fraction of sp³-hybridized carbons (Fsp3) is 0.417. The first kappa shape index (κ1) is 11.0. The summed E-state index contributed by atoms with van der Waals surface area (Å²) in [5.41, 5.74) is 5.67. The topological polar surface area (TPSA) is 72.5 Å². The summed E-state index contributed by atoms with van der Waals surface area (Å²) in [6.07, 6.45) is 0.991. The lowest BCUT2D eigenvalue weighted by Gasteiger charge is -2.43. The zero-order valence-electron chi connectivity index (χ0n) is 9.14.